The molecule has 2 rings (SSSR count). The number of carbonyl (C=O) groups excluding carboxylic acids is 1. The van der Waals surface area contributed by atoms with Gasteiger partial charge < -0.3 is 10.6 Å². The van der Waals surface area contributed by atoms with Crippen LogP contribution >= 0.6 is 12.4 Å². The fourth-order valence-corrected chi connectivity index (χ4v) is 1.92. The Labute approximate surface area is 120 Å². The van der Waals surface area contributed by atoms with Crippen LogP contribution in [0, 0.1) is 0 Å². The Kier molecular flexibility index (Phi) is 5.26. The lowest BCUT2D eigenvalue weighted by Gasteiger charge is -2.16. The highest BCUT2D eigenvalue weighted by atomic mass is 35.5. The van der Waals surface area contributed by atoms with Crippen LogP contribution in [0.5, 0.6) is 0 Å². The monoisotopic (exact) mass is 284 g/mol. The van der Waals surface area contributed by atoms with Gasteiger partial charge in [0.2, 0.25) is 5.91 Å². The number of nitrogens with one attached hydrogen (secondary N) is 2. The van der Waals surface area contributed by atoms with Gasteiger partial charge in [0, 0.05) is 5.41 Å². The van der Waals surface area contributed by atoms with Crippen LogP contribution in [0.3, 0.4) is 0 Å². The van der Waals surface area contributed by atoms with E-state index in [1.54, 1.807) is 12.4 Å². The molecule has 1 unspecified atom stereocenters. The number of aromatic nitrogens is 2. The van der Waals surface area contributed by atoms with Gasteiger partial charge in [0.1, 0.15) is 5.82 Å². The topological polar surface area (TPSA) is 66.9 Å². The number of hydrogen-bond acceptors (Lipinski definition) is 4. The van der Waals surface area contributed by atoms with Gasteiger partial charge >= 0.3 is 0 Å². The summed E-state index contributed by atoms with van der Waals surface area (Å²) in [5.41, 5.74) is 0.580. The van der Waals surface area contributed by atoms with Gasteiger partial charge in [-0.25, -0.2) is 9.97 Å². The fraction of sp³-hybridized carbons (Fsp3) is 0.615. The van der Waals surface area contributed by atoms with E-state index in [2.05, 4.69) is 41.4 Å². The minimum absolute atomic E-state index is 0. The molecule has 1 aromatic rings. The van der Waals surface area contributed by atoms with Gasteiger partial charge in [-0.2, -0.15) is 0 Å². The largest absolute Gasteiger partial charge is 0.322 e. The molecular formula is C13H21ClN4O. The zero-order valence-corrected chi connectivity index (χ0v) is 12.4. The summed E-state index contributed by atoms with van der Waals surface area (Å²) in [7, 11) is 0. The smallest absolute Gasteiger partial charge is 0.241 e. The van der Waals surface area contributed by atoms with Crippen molar-refractivity contribution in [2.75, 3.05) is 11.9 Å². The molecule has 0 bridgehead atoms. The summed E-state index contributed by atoms with van der Waals surface area (Å²) >= 11 is 0. The maximum atomic E-state index is 11.9. The summed E-state index contributed by atoms with van der Waals surface area (Å²) in [6, 6.07) is -0.0766. The minimum Gasteiger partial charge on any atom is -0.322 e. The molecule has 1 aliphatic rings. The molecule has 0 spiro atoms. The van der Waals surface area contributed by atoms with Crippen molar-refractivity contribution in [3.8, 4) is 0 Å². The van der Waals surface area contributed by atoms with Gasteiger partial charge in [-0.3, -0.25) is 4.79 Å². The second-order valence-corrected chi connectivity index (χ2v) is 5.68. The van der Waals surface area contributed by atoms with Crippen molar-refractivity contribution in [2.24, 2.45) is 0 Å². The van der Waals surface area contributed by atoms with Gasteiger partial charge in [-0.05, 0) is 19.4 Å². The van der Waals surface area contributed by atoms with Gasteiger partial charge in [-0.1, -0.05) is 20.8 Å². The predicted octanol–water partition coefficient (Wildman–Crippen LogP) is 1.89. The Balaban J connectivity index is 0.00000180. The van der Waals surface area contributed by atoms with Crippen LogP contribution in [0.25, 0.3) is 0 Å². The highest BCUT2D eigenvalue weighted by Crippen LogP contribution is 2.18. The van der Waals surface area contributed by atoms with Gasteiger partial charge in [0.15, 0.2) is 0 Å². The first-order chi connectivity index (χ1) is 8.47. The summed E-state index contributed by atoms with van der Waals surface area (Å²) in [6.07, 6.45) is 5.28. The van der Waals surface area contributed by atoms with Crippen LogP contribution in [0.1, 0.15) is 39.4 Å². The number of carbonyl (C=O) groups is 1. The highest BCUT2D eigenvalue weighted by molar-refractivity contribution is 5.94. The molecule has 0 aromatic carbocycles. The molecule has 1 saturated heterocycles. The van der Waals surface area contributed by atoms with Crippen molar-refractivity contribution in [1.29, 1.82) is 0 Å². The van der Waals surface area contributed by atoms with Crippen molar-refractivity contribution >= 4 is 24.0 Å². The summed E-state index contributed by atoms with van der Waals surface area (Å²) in [5.74, 6) is 0.777. The number of amides is 1. The SMILES string of the molecule is CC(C)(C)c1ncc(NC(=O)C2CCCN2)cn1.Cl. The molecule has 1 aliphatic heterocycles. The third-order valence-electron chi connectivity index (χ3n) is 2.97. The van der Waals surface area contributed by atoms with Crippen LogP contribution in [0.15, 0.2) is 12.4 Å². The van der Waals surface area contributed by atoms with Crippen molar-refractivity contribution < 1.29 is 4.79 Å². The molecule has 1 atom stereocenters. The number of halogens is 1. The molecular weight excluding hydrogens is 264 g/mol. The molecule has 0 radical (unpaired) electrons. The standard InChI is InChI=1S/C13H20N4O.ClH/c1-13(2,3)12-15-7-9(8-16-12)17-11(18)10-5-4-6-14-10;/h7-8,10,14H,4-6H2,1-3H3,(H,17,18);1H. The zero-order valence-electron chi connectivity index (χ0n) is 11.6. The van der Waals surface area contributed by atoms with E-state index in [-0.39, 0.29) is 29.8 Å². The van der Waals surface area contributed by atoms with Gasteiger partial charge in [-0.15, -0.1) is 12.4 Å². The summed E-state index contributed by atoms with van der Waals surface area (Å²) in [4.78, 5) is 20.4. The van der Waals surface area contributed by atoms with E-state index in [1.165, 1.54) is 0 Å². The second-order valence-electron chi connectivity index (χ2n) is 5.68. The Bertz CT molecular complexity index is 421. The van der Waals surface area contributed by atoms with E-state index in [4.69, 9.17) is 0 Å². The molecule has 106 valence electrons. The van der Waals surface area contributed by atoms with E-state index >= 15 is 0 Å². The van der Waals surface area contributed by atoms with Crippen LogP contribution in [0.4, 0.5) is 5.69 Å². The predicted molar refractivity (Wildman–Crippen MR) is 77.6 cm³/mol. The molecule has 0 saturated carbocycles. The fourth-order valence-electron chi connectivity index (χ4n) is 1.92. The zero-order chi connectivity index (χ0) is 13.2. The Hall–Kier alpha value is -1.20. The van der Waals surface area contributed by atoms with E-state index < -0.39 is 0 Å². The maximum absolute atomic E-state index is 11.9. The molecule has 1 fully saturated rings. The second kappa shape index (κ2) is 6.30. The van der Waals surface area contributed by atoms with Gasteiger partial charge in [0.25, 0.3) is 0 Å². The van der Waals surface area contributed by atoms with E-state index in [9.17, 15) is 4.79 Å². The van der Waals surface area contributed by atoms with Crippen LogP contribution in [0.2, 0.25) is 0 Å². The Morgan fingerprint density at radius 3 is 2.47 bits per heavy atom. The number of anilines is 1. The molecule has 1 amide bonds. The van der Waals surface area contributed by atoms with Crippen LogP contribution in [-0.4, -0.2) is 28.5 Å². The molecule has 1 aromatic heterocycles. The molecule has 5 nitrogen and oxygen atoms in total. The molecule has 0 aliphatic carbocycles. The van der Waals surface area contributed by atoms with Crippen molar-refractivity contribution in [3.63, 3.8) is 0 Å². The first-order valence-corrected chi connectivity index (χ1v) is 6.33. The van der Waals surface area contributed by atoms with Crippen molar-refractivity contribution in [1.82, 2.24) is 15.3 Å². The summed E-state index contributed by atoms with van der Waals surface area (Å²) in [6.45, 7) is 7.09. The van der Waals surface area contributed by atoms with Gasteiger partial charge in [0.05, 0.1) is 24.1 Å². The van der Waals surface area contributed by atoms with Crippen molar-refractivity contribution in [3.05, 3.63) is 18.2 Å². The lowest BCUT2D eigenvalue weighted by atomic mass is 9.96. The van der Waals surface area contributed by atoms with Crippen LogP contribution in [-0.2, 0) is 10.2 Å². The lowest BCUT2D eigenvalue weighted by Crippen LogP contribution is -2.35. The normalized spacial score (nSPS) is 18.8. The Morgan fingerprint density at radius 1 is 1.37 bits per heavy atom. The number of nitrogens with zero attached hydrogens (tertiary/aromatic N) is 2. The lowest BCUT2D eigenvalue weighted by molar-refractivity contribution is -0.117. The molecule has 2 heterocycles. The number of hydrogen-bond donors (Lipinski definition) is 2. The average Bonchev–Trinajstić information content (AvgIpc) is 2.82. The maximum Gasteiger partial charge on any atom is 0.241 e. The quantitative estimate of drug-likeness (QED) is 0.870. The van der Waals surface area contributed by atoms with E-state index in [0.29, 0.717) is 5.69 Å². The average molecular weight is 285 g/mol. The minimum atomic E-state index is -0.0766. The van der Waals surface area contributed by atoms with Crippen LogP contribution < -0.4 is 10.6 Å². The first-order valence-electron chi connectivity index (χ1n) is 6.33. The number of rotatable bonds is 2. The third kappa shape index (κ3) is 4.14. The molecule has 6 heteroatoms. The summed E-state index contributed by atoms with van der Waals surface area (Å²) in [5, 5.41) is 6.00. The Morgan fingerprint density at radius 2 is 2.00 bits per heavy atom. The highest BCUT2D eigenvalue weighted by Gasteiger charge is 2.22. The van der Waals surface area contributed by atoms with E-state index in [0.717, 1.165) is 25.2 Å². The third-order valence-corrected chi connectivity index (χ3v) is 2.97. The summed E-state index contributed by atoms with van der Waals surface area (Å²) < 4.78 is 0. The van der Waals surface area contributed by atoms with Crippen molar-refractivity contribution in [2.45, 2.75) is 45.1 Å². The first kappa shape index (κ1) is 15.9. The van der Waals surface area contributed by atoms with E-state index in [1.807, 2.05) is 0 Å². The molecule has 19 heavy (non-hydrogen) atoms. The molecule has 2 N–H and O–H groups in total.